The summed E-state index contributed by atoms with van der Waals surface area (Å²) < 4.78 is 3.11. The SMILES string of the molecule is Cc1cc(C(=O)N2CCN(c3nc4ccccc4s3)CC2)nn1C(C)C. The molecule has 4 rings (SSSR count). The van der Waals surface area contributed by atoms with E-state index in [1.54, 1.807) is 11.3 Å². The van der Waals surface area contributed by atoms with Crippen molar-refractivity contribution in [1.29, 1.82) is 0 Å². The van der Waals surface area contributed by atoms with Crippen LogP contribution in [-0.2, 0) is 0 Å². The first kappa shape index (κ1) is 17.0. The summed E-state index contributed by atoms with van der Waals surface area (Å²) in [5.41, 5.74) is 2.61. The number of fused-ring (bicyclic) bond motifs is 1. The molecule has 3 aromatic rings. The Hall–Kier alpha value is -2.41. The van der Waals surface area contributed by atoms with Crippen LogP contribution in [0.25, 0.3) is 10.2 Å². The molecule has 1 aromatic carbocycles. The fraction of sp³-hybridized carbons (Fsp3) is 0.421. The van der Waals surface area contributed by atoms with Crippen molar-refractivity contribution in [3.8, 4) is 0 Å². The molecule has 1 aliphatic heterocycles. The molecule has 0 unspecified atom stereocenters. The lowest BCUT2D eigenvalue weighted by molar-refractivity contribution is 0.0739. The predicted molar refractivity (Wildman–Crippen MR) is 105 cm³/mol. The van der Waals surface area contributed by atoms with E-state index in [0.29, 0.717) is 18.8 Å². The van der Waals surface area contributed by atoms with Gasteiger partial charge in [-0.2, -0.15) is 5.10 Å². The molecule has 0 saturated carbocycles. The molecular formula is C19H23N5OS. The van der Waals surface area contributed by atoms with E-state index >= 15 is 0 Å². The molecule has 0 N–H and O–H groups in total. The number of benzene rings is 1. The van der Waals surface area contributed by atoms with Crippen molar-refractivity contribution in [3.63, 3.8) is 0 Å². The van der Waals surface area contributed by atoms with E-state index in [9.17, 15) is 4.79 Å². The zero-order valence-corrected chi connectivity index (χ0v) is 16.2. The smallest absolute Gasteiger partial charge is 0.274 e. The second-order valence-corrected chi connectivity index (χ2v) is 7.96. The van der Waals surface area contributed by atoms with E-state index in [-0.39, 0.29) is 11.9 Å². The Labute approximate surface area is 157 Å². The van der Waals surface area contributed by atoms with E-state index in [1.165, 1.54) is 4.70 Å². The molecule has 26 heavy (non-hydrogen) atoms. The lowest BCUT2D eigenvalue weighted by atomic mass is 10.2. The number of amides is 1. The molecule has 6 nitrogen and oxygen atoms in total. The van der Waals surface area contributed by atoms with E-state index in [4.69, 9.17) is 4.98 Å². The first-order valence-corrected chi connectivity index (χ1v) is 9.80. The maximum Gasteiger partial charge on any atom is 0.274 e. The molecule has 0 radical (unpaired) electrons. The quantitative estimate of drug-likeness (QED) is 0.710. The Kier molecular flexibility index (Phi) is 4.40. The van der Waals surface area contributed by atoms with Gasteiger partial charge in [0.25, 0.3) is 5.91 Å². The molecule has 0 spiro atoms. The summed E-state index contributed by atoms with van der Waals surface area (Å²) >= 11 is 1.71. The van der Waals surface area contributed by atoms with E-state index in [2.05, 4.69) is 29.9 Å². The van der Waals surface area contributed by atoms with Crippen molar-refractivity contribution in [2.75, 3.05) is 31.1 Å². The summed E-state index contributed by atoms with van der Waals surface area (Å²) in [6.45, 7) is 9.14. The zero-order valence-electron chi connectivity index (χ0n) is 15.3. The van der Waals surface area contributed by atoms with Crippen molar-refractivity contribution in [2.45, 2.75) is 26.8 Å². The first-order chi connectivity index (χ1) is 12.5. The number of anilines is 1. The van der Waals surface area contributed by atoms with Crippen molar-refractivity contribution < 1.29 is 4.79 Å². The number of carbonyl (C=O) groups excluding carboxylic acids is 1. The van der Waals surface area contributed by atoms with Gasteiger partial charge in [-0.3, -0.25) is 9.48 Å². The largest absolute Gasteiger partial charge is 0.345 e. The molecule has 1 amide bonds. The van der Waals surface area contributed by atoms with Crippen LogP contribution in [0.3, 0.4) is 0 Å². The third-order valence-electron chi connectivity index (χ3n) is 4.75. The monoisotopic (exact) mass is 369 g/mol. The molecule has 1 saturated heterocycles. The van der Waals surface area contributed by atoms with Crippen LogP contribution in [0.2, 0.25) is 0 Å². The van der Waals surface area contributed by atoms with Gasteiger partial charge in [0.05, 0.1) is 10.2 Å². The fourth-order valence-corrected chi connectivity index (χ4v) is 4.39. The van der Waals surface area contributed by atoms with Crippen molar-refractivity contribution in [1.82, 2.24) is 19.7 Å². The maximum absolute atomic E-state index is 12.8. The summed E-state index contributed by atoms with van der Waals surface area (Å²) in [6, 6.07) is 10.3. The Morgan fingerprint density at radius 2 is 1.88 bits per heavy atom. The molecule has 0 bridgehead atoms. The minimum Gasteiger partial charge on any atom is -0.345 e. The van der Waals surface area contributed by atoms with E-state index in [1.807, 2.05) is 40.8 Å². The molecule has 2 aromatic heterocycles. The number of aryl methyl sites for hydroxylation is 1. The van der Waals surface area contributed by atoms with Gasteiger partial charge in [-0.1, -0.05) is 23.5 Å². The Bertz CT molecular complexity index is 903. The van der Waals surface area contributed by atoms with Crippen LogP contribution in [0.1, 0.15) is 36.1 Å². The zero-order chi connectivity index (χ0) is 18.3. The first-order valence-electron chi connectivity index (χ1n) is 8.99. The van der Waals surface area contributed by atoms with Gasteiger partial charge in [-0.15, -0.1) is 0 Å². The number of carbonyl (C=O) groups is 1. The van der Waals surface area contributed by atoms with Crippen LogP contribution in [0, 0.1) is 6.92 Å². The number of hydrogen-bond acceptors (Lipinski definition) is 5. The van der Waals surface area contributed by atoms with Gasteiger partial charge < -0.3 is 9.80 Å². The van der Waals surface area contributed by atoms with Crippen molar-refractivity contribution in [2.24, 2.45) is 0 Å². The molecular weight excluding hydrogens is 346 g/mol. The second kappa shape index (κ2) is 6.72. The number of nitrogens with zero attached hydrogens (tertiary/aromatic N) is 5. The minimum absolute atomic E-state index is 0.0245. The van der Waals surface area contributed by atoms with Crippen LogP contribution in [0.4, 0.5) is 5.13 Å². The van der Waals surface area contributed by atoms with E-state index < -0.39 is 0 Å². The second-order valence-electron chi connectivity index (χ2n) is 6.95. The topological polar surface area (TPSA) is 54.3 Å². The molecule has 7 heteroatoms. The van der Waals surface area contributed by atoms with Gasteiger partial charge in [0.1, 0.15) is 0 Å². The van der Waals surface area contributed by atoms with Crippen LogP contribution < -0.4 is 4.90 Å². The van der Waals surface area contributed by atoms with Crippen molar-refractivity contribution in [3.05, 3.63) is 41.7 Å². The van der Waals surface area contributed by atoms with Crippen molar-refractivity contribution >= 4 is 32.6 Å². The van der Waals surface area contributed by atoms with Crippen LogP contribution >= 0.6 is 11.3 Å². The average Bonchev–Trinajstić information content (AvgIpc) is 3.25. The number of hydrogen-bond donors (Lipinski definition) is 0. The van der Waals surface area contributed by atoms with Crippen LogP contribution in [0.15, 0.2) is 30.3 Å². The van der Waals surface area contributed by atoms with Gasteiger partial charge in [-0.05, 0) is 39.0 Å². The van der Waals surface area contributed by atoms with Gasteiger partial charge in [0, 0.05) is 37.9 Å². The summed E-state index contributed by atoms with van der Waals surface area (Å²) in [5.74, 6) is 0.0245. The number of rotatable bonds is 3. The molecule has 136 valence electrons. The minimum atomic E-state index is 0.0245. The fourth-order valence-electron chi connectivity index (χ4n) is 3.37. The molecule has 3 heterocycles. The summed E-state index contributed by atoms with van der Waals surface area (Å²) in [5, 5.41) is 5.53. The highest BCUT2D eigenvalue weighted by molar-refractivity contribution is 7.22. The number of thiazole rings is 1. The summed E-state index contributed by atoms with van der Waals surface area (Å²) in [6.07, 6.45) is 0. The molecule has 1 fully saturated rings. The number of para-hydroxylation sites is 1. The standard InChI is InChI=1S/C19H23N5OS/c1-13(2)24-14(3)12-16(21-24)18(25)22-8-10-23(11-9-22)19-20-15-6-4-5-7-17(15)26-19/h4-7,12-13H,8-11H2,1-3H3. The van der Waals surface area contributed by atoms with Gasteiger partial charge >= 0.3 is 0 Å². The van der Waals surface area contributed by atoms with Crippen LogP contribution in [-0.4, -0.2) is 51.8 Å². The van der Waals surface area contributed by atoms with Gasteiger partial charge in [-0.25, -0.2) is 4.98 Å². The van der Waals surface area contributed by atoms with Gasteiger partial charge in [0.2, 0.25) is 0 Å². The lowest BCUT2D eigenvalue weighted by Gasteiger charge is -2.34. The lowest BCUT2D eigenvalue weighted by Crippen LogP contribution is -2.48. The highest BCUT2D eigenvalue weighted by Crippen LogP contribution is 2.29. The number of piperazine rings is 1. The maximum atomic E-state index is 12.8. The molecule has 0 atom stereocenters. The third kappa shape index (κ3) is 3.07. The summed E-state index contributed by atoms with van der Waals surface area (Å²) in [4.78, 5) is 21.7. The summed E-state index contributed by atoms with van der Waals surface area (Å²) in [7, 11) is 0. The number of aromatic nitrogens is 3. The Morgan fingerprint density at radius 3 is 2.54 bits per heavy atom. The van der Waals surface area contributed by atoms with Gasteiger partial charge in [0.15, 0.2) is 10.8 Å². The highest BCUT2D eigenvalue weighted by atomic mass is 32.1. The Balaban J connectivity index is 1.44. The van der Waals surface area contributed by atoms with E-state index in [0.717, 1.165) is 29.4 Å². The predicted octanol–water partition coefficient (Wildman–Crippen LogP) is 3.34. The normalized spacial score (nSPS) is 15.2. The third-order valence-corrected chi connectivity index (χ3v) is 5.85. The average molecular weight is 369 g/mol. The van der Waals surface area contributed by atoms with Crippen LogP contribution in [0.5, 0.6) is 0 Å². The molecule has 1 aliphatic rings. The Morgan fingerprint density at radius 1 is 1.15 bits per heavy atom. The molecule has 0 aliphatic carbocycles. The highest BCUT2D eigenvalue weighted by Gasteiger charge is 2.26.